The lowest BCUT2D eigenvalue weighted by Crippen LogP contribution is -1.98. The molecule has 0 spiro atoms. The summed E-state index contributed by atoms with van der Waals surface area (Å²) in [4.78, 5) is 9.77. The standard InChI is InChI=1S/C20H16N4/c1-13-9-10-14-12-24-11-5-8-17(24)22-19(14)18(13)20-21-15-6-3-4-7-16(15)23(20)2/h3-12H,1-2H3. The maximum absolute atomic E-state index is 4.90. The second-order valence-corrected chi connectivity index (χ2v) is 6.19. The fraction of sp³-hybridized carbons (Fsp3) is 0.100. The Balaban J connectivity index is 1.93. The molecule has 3 aromatic heterocycles. The molecule has 0 saturated heterocycles. The number of para-hydroxylation sites is 2. The second kappa shape index (κ2) is 4.68. The zero-order valence-electron chi connectivity index (χ0n) is 13.6. The van der Waals surface area contributed by atoms with Crippen molar-refractivity contribution in [1.82, 2.24) is 18.9 Å². The van der Waals surface area contributed by atoms with E-state index in [1.54, 1.807) is 0 Å². The summed E-state index contributed by atoms with van der Waals surface area (Å²) in [5, 5.41) is 1.12. The van der Waals surface area contributed by atoms with Crippen molar-refractivity contribution in [3.63, 3.8) is 0 Å². The maximum atomic E-state index is 4.90. The quantitative estimate of drug-likeness (QED) is 0.461. The first-order chi connectivity index (χ1) is 11.7. The Morgan fingerprint density at radius 1 is 0.917 bits per heavy atom. The first-order valence-corrected chi connectivity index (χ1v) is 8.01. The summed E-state index contributed by atoms with van der Waals surface area (Å²) >= 11 is 0. The third-order valence-electron chi connectivity index (χ3n) is 4.69. The number of aryl methyl sites for hydroxylation is 2. The number of hydrogen-bond acceptors (Lipinski definition) is 2. The molecule has 116 valence electrons. The average Bonchev–Trinajstić information content (AvgIpc) is 3.18. The zero-order valence-corrected chi connectivity index (χ0v) is 13.6. The van der Waals surface area contributed by atoms with Crippen LogP contribution < -0.4 is 0 Å². The lowest BCUT2D eigenvalue weighted by Gasteiger charge is -2.10. The Morgan fingerprint density at radius 2 is 1.79 bits per heavy atom. The van der Waals surface area contributed by atoms with Crippen molar-refractivity contribution in [2.75, 3.05) is 0 Å². The van der Waals surface area contributed by atoms with E-state index < -0.39 is 0 Å². The second-order valence-electron chi connectivity index (χ2n) is 6.19. The highest BCUT2D eigenvalue weighted by Gasteiger charge is 2.16. The number of nitrogens with zero attached hydrogens (tertiary/aromatic N) is 4. The summed E-state index contributed by atoms with van der Waals surface area (Å²) in [7, 11) is 2.07. The van der Waals surface area contributed by atoms with Crippen LogP contribution in [0.3, 0.4) is 0 Å². The Morgan fingerprint density at radius 3 is 2.67 bits per heavy atom. The van der Waals surface area contributed by atoms with E-state index in [-0.39, 0.29) is 0 Å². The molecule has 0 N–H and O–H groups in total. The molecule has 0 bridgehead atoms. The number of imidazole rings is 1. The molecule has 0 amide bonds. The molecule has 0 aliphatic heterocycles. The van der Waals surface area contributed by atoms with Crippen molar-refractivity contribution in [1.29, 1.82) is 0 Å². The van der Waals surface area contributed by atoms with Crippen LogP contribution in [0.25, 0.3) is 39.0 Å². The first kappa shape index (κ1) is 13.3. The SMILES string of the molecule is Cc1ccc2cn3cccc3nc2c1-c1nc2ccccc2n1C. The lowest BCUT2D eigenvalue weighted by atomic mass is 10.0. The highest BCUT2D eigenvalue weighted by Crippen LogP contribution is 2.32. The molecule has 5 rings (SSSR count). The Bertz CT molecular complexity index is 1230. The van der Waals surface area contributed by atoms with Gasteiger partial charge in [0.2, 0.25) is 0 Å². The van der Waals surface area contributed by atoms with Gasteiger partial charge < -0.3 is 8.97 Å². The molecule has 0 aliphatic carbocycles. The maximum Gasteiger partial charge on any atom is 0.143 e. The molecule has 5 aromatic rings. The van der Waals surface area contributed by atoms with Gasteiger partial charge in [-0.15, -0.1) is 0 Å². The van der Waals surface area contributed by atoms with Gasteiger partial charge in [0.25, 0.3) is 0 Å². The molecule has 0 atom stereocenters. The fourth-order valence-electron chi connectivity index (χ4n) is 3.44. The van der Waals surface area contributed by atoms with Crippen molar-refractivity contribution in [3.05, 3.63) is 66.5 Å². The third kappa shape index (κ3) is 1.74. The van der Waals surface area contributed by atoms with Gasteiger partial charge in [0.05, 0.1) is 16.6 Å². The average molecular weight is 312 g/mol. The van der Waals surface area contributed by atoms with Gasteiger partial charge in [0, 0.05) is 30.4 Å². The molecule has 0 radical (unpaired) electrons. The largest absolute Gasteiger partial charge is 0.327 e. The smallest absolute Gasteiger partial charge is 0.143 e. The minimum absolute atomic E-state index is 0.952. The van der Waals surface area contributed by atoms with Crippen LogP contribution in [0.5, 0.6) is 0 Å². The van der Waals surface area contributed by atoms with Crippen LogP contribution in [0.4, 0.5) is 0 Å². The van der Waals surface area contributed by atoms with E-state index in [9.17, 15) is 0 Å². The number of fused-ring (bicyclic) bond motifs is 3. The highest BCUT2D eigenvalue weighted by molar-refractivity contribution is 5.96. The monoisotopic (exact) mass is 312 g/mol. The summed E-state index contributed by atoms with van der Waals surface area (Å²) < 4.78 is 4.21. The van der Waals surface area contributed by atoms with E-state index in [1.807, 2.05) is 30.5 Å². The Kier molecular flexibility index (Phi) is 2.59. The molecular formula is C20H16N4. The summed E-state index contributed by atoms with van der Waals surface area (Å²) in [5.74, 6) is 0.961. The predicted molar refractivity (Wildman–Crippen MR) is 97.1 cm³/mol. The molecule has 3 heterocycles. The van der Waals surface area contributed by atoms with E-state index >= 15 is 0 Å². The fourth-order valence-corrected chi connectivity index (χ4v) is 3.44. The van der Waals surface area contributed by atoms with Crippen molar-refractivity contribution < 1.29 is 0 Å². The molecule has 2 aromatic carbocycles. The first-order valence-electron chi connectivity index (χ1n) is 8.01. The molecule has 0 fully saturated rings. The van der Waals surface area contributed by atoms with E-state index in [1.165, 1.54) is 5.56 Å². The van der Waals surface area contributed by atoms with Crippen molar-refractivity contribution in [3.8, 4) is 11.4 Å². The van der Waals surface area contributed by atoms with Crippen LogP contribution in [-0.4, -0.2) is 18.9 Å². The molecular weight excluding hydrogens is 296 g/mol. The van der Waals surface area contributed by atoms with Gasteiger partial charge in [-0.25, -0.2) is 9.97 Å². The number of aromatic nitrogens is 4. The summed E-state index contributed by atoms with van der Waals surface area (Å²) in [6.45, 7) is 2.12. The normalized spacial score (nSPS) is 11.8. The molecule has 0 aliphatic rings. The number of hydrogen-bond donors (Lipinski definition) is 0. The van der Waals surface area contributed by atoms with Gasteiger partial charge in [-0.1, -0.05) is 24.3 Å². The van der Waals surface area contributed by atoms with Gasteiger partial charge in [0.1, 0.15) is 11.5 Å². The van der Waals surface area contributed by atoms with Gasteiger partial charge in [-0.05, 0) is 36.8 Å². The predicted octanol–water partition coefficient (Wildman–Crippen LogP) is 4.35. The van der Waals surface area contributed by atoms with Gasteiger partial charge in [0.15, 0.2) is 0 Å². The van der Waals surface area contributed by atoms with E-state index in [0.29, 0.717) is 0 Å². The van der Waals surface area contributed by atoms with Crippen molar-refractivity contribution in [2.45, 2.75) is 6.92 Å². The highest BCUT2D eigenvalue weighted by atomic mass is 15.1. The minimum Gasteiger partial charge on any atom is -0.327 e. The topological polar surface area (TPSA) is 35.1 Å². The van der Waals surface area contributed by atoms with Crippen molar-refractivity contribution in [2.24, 2.45) is 7.05 Å². The van der Waals surface area contributed by atoms with Gasteiger partial charge >= 0.3 is 0 Å². The molecule has 4 nitrogen and oxygen atoms in total. The minimum atomic E-state index is 0.952. The van der Waals surface area contributed by atoms with Crippen LogP contribution >= 0.6 is 0 Å². The number of rotatable bonds is 1. The van der Waals surface area contributed by atoms with Crippen LogP contribution in [-0.2, 0) is 7.05 Å². The van der Waals surface area contributed by atoms with Gasteiger partial charge in [-0.2, -0.15) is 0 Å². The molecule has 0 saturated carbocycles. The van der Waals surface area contributed by atoms with Crippen LogP contribution in [0, 0.1) is 6.92 Å². The van der Waals surface area contributed by atoms with Crippen LogP contribution in [0.15, 0.2) is 60.9 Å². The summed E-state index contributed by atoms with van der Waals surface area (Å²) in [6.07, 6.45) is 4.15. The Hall–Kier alpha value is -3.14. The summed E-state index contributed by atoms with van der Waals surface area (Å²) in [5.41, 5.74) is 6.38. The molecule has 0 unspecified atom stereocenters. The van der Waals surface area contributed by atoms with E-state index in [2.05, 4.69) is 53.4 Å². The van der Waals surface area contributed by atoms with E-state index in [0.717, 1.165) is 39.0 Å². The molecule has 24 heavy (non-hydrogen) atoms. The van der Waals surface area contributed by atoms with Gasteiger partial charge in [-0.3, -0.25) is 0 Å². The number of benzene rings is 2. The zero-order chi connectivity index (χ0) is 16.3. The Labute approximate surface area is 139 Å². The van der Waals surface area contributed by atoms with E-state index in [4.69, 9.17) is 9.97 Å². The summed E-state index contributed by atoms with van der Waals surface area (Å²) in [6, 6.07) is 16.5. The van der Waals surface area contributed by atoms with Crippen molar-refractivity contribution >= 4 is 27.6 Å². The van der Waals surface area contributed by atoms with Crippen LogP contribution in [0.1, 0.15) is 5.56 Å². The molecule has 4 heteroatoms. The lowest BCUT2D eigenvalue weighted by molar-refractivity contribution is 0.958. The van der Waals surface area contributed by atoms with Crippen LogP contribution in [0.2, 0.25) is 0 Å². The third-order valence-corrected chi connectivity index (χ3v) is 4.69.